The summed E-state index contributed by atoms with van der Waals surface area (Å²) in [7, 11) is 1.77. The maximum Gasteiger partial charge on any atom is 0.239 e. The van der Waals surface area contributed by atoms with E-state index in [-0.39, 0.29) is 18.3 Å². The van der Waals surface area contributed by atoms with E-state index in [2.05, 4.69) is 6.92 Å². The molecule has 0 aliphatic carbocycles. The van der Waals surface area contributed by atoms with Crippen molar-refractivity contribution >= 4 is 29.3 Å². The van der Waals surface area contributed by atoms with E-state index in [1.807, 2.05) is 24.3 Å². The number of nitrogens with two attached hydrogens (primary N) is 1. The average Bonchev–Trinajstić information content (AvgIpc) is 2.76. The molecule has 0 radical (unpaired) electrons. The minimum atomic E-state index is -0.478. The molecule has 0 aliphatic heterocycles. The quantitative estimate of drug-likeness (QED) is 0.944. The van der Waals surface area contributed by atoms with Gasteiger partial charge in [-0.15, -0.1) is 12.4 Å². The van der Waals surface area contributed by atoms with Crippen molar-refractivity contribution in [3.63, 3.8) is 0 Å². The van der Waals surface area contributed by atoms with E-state index in [1.165, 1.54) is 0 Å². The number of benzene rings is 1. The fourth-order valence-corrected chi connectivity index (χ4v) is 2.27. The van der Waals surface area contributed by atoms with Gasteiger partial charge in [0.2, 0.25) is 5.91 Å². The van der Waals surface area contributed by atoms with Gasteiger partial charge in [-0.25, -0.2) is 0 Å². The van der Waals surface area contributed by atoms with Gasteiger partial charge in [0.05, 0.1) is 6.04 Å². The number of amides is 1. The molecule has 110 valence electrons. The van der Waals surface area contributed by atoms with Crippen LogP contribution in [0.5, 0.6) is 0 Å². The molecule has 20 heavy (non-hydrogen) atoms. The molecule has 0 aliphatic rings. The Morgan fingerprint density at radius 3 is 2.65 bits per heavy atom. The Balaban J connectivity index is 0.00000200. The molecule has 1 aromatic carbocycles. The van der Waals surface area contributed by atoms with Crippen molar-refractivity contribution in [2.24, 2.45) is 5.73 Å². The van der Waals surface area contributed by atoms with Crippen molar-refractivity contribution in [3.8, 4) is 0 Å². The maximum absolute atomic E-state index is 11.9. The van der Waals surface area contributed by atoms with Crippen molar-refractivity contribution in [2.45, 2.75) is 32.9 Å². The first-order chi connectivity index (χ1) is 9.04. The van der Waals surface area contributed by atoms with E-state index in [0.29, 0.717) is 6.54 Å². The van der Waals surface area contributed by atoms with Gasteiger partial charge in [-0.3, -0.25) is 4.79 Å². The molecule has 0 fully saturated rings. The number of hydrogen-bond donors (Lipinski definition) is 1. The third-order valence-electron chi connectivity index (χ3n) is 3.26. The average molecular weight is 297 g/mol. The Bertz CT molecular complexity index is 593. The molecule has 2 aromatic rings. The highest BCUT2D eigenvalue weighted by Crippen LogP contribution is 2.27. The van der Waals surface area contributed by atoms with Gasteiger partial charge in [0.1, 0.15) is 11.3 Å². The SMILES string of the molecule is CCc1oc2ccccc2c1CN(C)C(=O)[C@@H](C)N.Cl. The fraction of sp³-hybridized carbons (Fsp3) is 0.400. The topological polar surface area (TPSA) is 59.5 Å². The number of nitrogens with zero attached hydrogens (tertiary/aromatic N) is 1. The molecule has 0 bridgehead atoms. The summed E-state index contributed by atoms with van der Waals surface area (Å²) in [5, 5.41) is 1.07. The molecule has 0 saturated carbocycles. The molecule has 0 unspecified atom stereocenters. The predicted octanol–water partition coefficient (Wildman–Crippen LogP) is 2.72. The fourth-order valence-electron chi connectivity index (χ4n) is 2.27. The van der Waals surface area contributed by atoms with Gasteiger partial charge in [-0.05, 0) is 13.0 Å². The lowest BCUT2D eigenvalue weighted by atomic mass is 10.1. The van der Waals surface area contributed by atoms with Crippen molar-refractivity contribution in [1.29, 1.82) is 0 Å². The van der Waals surface area contributed by atoms with Crippen molar-refractivity contribution < 1.29 is 9.21 Å². The van der Waals surface area contributed by atoms with Crippen LogP contribution in [0.3, 0.4) is 0 Å². The molecule has 0 spiro atoms. The molecule has 5 heteroatoms. The van der Waals surface area contributed by atoms with Gasteiger partial charge in [-0.2, -0.15) is 0 Å². The zero-order valence-corrected chi connectivity index (χ0v) is 12.9. The maximum atomic E-state index is 11.9. The molecule has 0 saturated heterocycles. The van der Waals surface area contributed by atoms with E-state index in [1.54, 1.807) is 18.9 Å². The number of halogens is 1. The minimum absolute atomic E-state index is 0. The van der Waals surface area contributed by atoms with Crippen LogP contribution >= 0.6 is 12.4 Å². The Hall–Kier alpha value is -1.52. The summed E-state index contributed by atoms with van der Waals surface area (Å²) >= 11 is 0. The number of hydrogen-bond acceptors (Lipinski definition) is 3. The van der Waals surface area contributed by atoms with Crippen LogP contribution in [0.15, 0.2) is 28.7 Å². The first-order valence-electron chi connectivity index (χ1n) is 6.54. The third kappa shape index (κ3) is 3.14. The number of aryl methyl sites for hydroxylation is 1. The lowest BCUT2D eigenvalue weighted by Crippen LogP contribution is -2.39. The van der Waals surface area contributed by atoms with Crippen LogP contribution in [0.1, 0.15) is 25.2 Å². The first kappa shape index (κ1) is 16.5. The molecule has 1 atom stereocenters. The Kier molecular flexibility index (Phi) is 5.60. The van der Waals surface area contributed by atoms with Gasteiger partial charge in [0.15, 0.2) is 0 Å². The Labute approximate surface area is 125 Å². The normalized spacial score (nSPS) is 12.0. The second-order valence-corrected chi connectivity index (χ2v) is 4.84. The second kappa shape index (κ2) is 6.77. The molecule has 2 N–H and O–H groups in total. The molecule has 1 amide bonds. The molecule has 1 aromatic heterocycles. The molecular formula is C15H21ClN2O2. The summed E-state index contributed by atoms with van der Waals surface area (Å²) in [6.45, 7) is 4.28. The van der Waals surface area contributed by atoms with Gasteiger partial charge < -0.3 is 15.1 Å². The van der Waals surface area contributed by atoms with Crippen LogP contribution in [-0.2, 0) is 17.8 Å². The standard InChI is InChI=1S/C15H20N2O2.ClH/c1-4-13-12(9-17(3)15(18)10(2)16)11-7-5-6-8-14(11)19-13;/h5-8,10H,4,9,16H2,1-3H3;1H/t10-;/m1./s1. The molecule has 2 rings (SSSR count). The predicted molar refractivity (Wildman–Crippen MR) is 83.0 cm³/mol. The van der Waals surface area contributed by atoms with E-state index in [4.69, 9.17) is 10.2 Å². The number of furan rings is 1. The highest BCUT2D eigenvalue weighted by Gasteiger charge is 2.18. The summed E-state index contributed by atoms with van der Waals surface area (Å²) in [4.78, 5) is 13.5. The van der Waals surface area contributed by atoms with Crippen LogP contribution in [0.25, 0.3) is 11.0 Å². The lowest BCUT2D eigenvalue weighted by molar-refractivity contribution is -0.131. The first-order valence-corrected chi connectivity index (χ1v) is 6.54. The Morgan fingerprint density at radius 1 is 1.40 bits per heavy atom. The van der Waals surface area contributed by atoms with Crippen molar-refractivity contribution in [1.82, 2.24) is 4.90 Å². The summed E-state index contributed by atoms with van der Waals surface area (Å²) in [6, 6.07) is 7.43. The zero-order valence-electron chi connectivity index (χ0n) is 12.1. The smallest absolute Gasteiger partial charge is 0.239 e. The second-order valence-electron chi connectivity index (χ2n) is 4.84. The van der Waals surface area contributed by atoms with Crippen molar-refractivity contribution in [3.05, 3.63) is 35.6 Å². The number of fused-ring (bicyclic) bond motifs is 1. The molecule has 1 heterocycles. The van der Waals surface area contributed by atoms with Crippen molar-refractivity contribution in [2.75, 3.05) is 7.05 Å². The van der Waals surface area contributed by atoms with E-state index < -0.39 is 6.04 Å². The number of para-hydroxylation sites is 1. The largest absolute Gasteiger partial charge is 0.461 e. The number of likely N-dealkylation sites (N-methyl/N-ethyl adjacent to an activating group) is 1. The monoisotopic (exact) mass is 296 g/mol. The van der Waals surface area contributed by atoms with Gasteiger partial charge in [0.25, 0.3) is 0 Å². The Morgan fingerprint density at radius 2 is 2.05 bits per heavy atom. The number of carbonyl (C=O) groups excluding carboxylic acids is 1. The van der Waals surface area contributed by atoms with E-state index in [0.717, 1.165) is 28.7 Å². The summed E-state index contributed by atoms with van der Waals surface area (Å²) in [5.41, 5.74) is 7.58. The number of carbonyl (C=O) groups is 1. The third-order valence-corrected chi connectivity index (χ3v) is 3.26. The van der Waals surface area contributed by atoms with Crippen LogP contribution in [0.2, 0.25) is 0 Å². The lowest BCUT2D eigenvalue weighted by Gasteiger charge is -2.19. The summed E-state index contributed by atoms with van der Waals surface area (Å²) < 4.78 is 5.82. The zero-order chi connectivity index (χ0) is 14.0. The minimum Gasteiger partial charge on any atom is -0.461 e. The van der Waals surface area contributed by atoms with Crippen LogP contribution in [-0.4, -0.2) is 23.9 Å². The van der Waals surface area contributed by atoms with Gasteiger partial charge in [-0.1, -0.05) is 25.1 Å². The highest BCUT2D eigenvalue weighted by molar-refractivity contribution is 5.85. The number of rotatable bonds is 4. The van der Waals surface area contributed by atoms with E-state index in [9.17, 15) is 4.79 Å². The van der Waals surface area contributed by atoms with Crippen LogP contribution < -0.4 is 5.73 Å². The van der Waals surface area contributed by atoms with Crippen LogP contribution in [0.4, 0.5) is 0 Å². The molecule has 4 nitrogen and oxygen atoms in total. The summed E-state index contributed by atoms with van der Waals surface area (Å²) in [5.74, 6) is 0.873. The van der Waals surface area contributed by atoms with E-state index >= 15 is 0 Å². The van der Waals surface area contributed by atoms with Gasteiger partial charge >= 0.3 is 0 Å². The molecular weight excluding hydrogens is 276 g/mol. The summed E-state index contributed by atoms with van der Waals surface area (Å²) in [6.07, 6.45) is 0.810. The highest BCUT2D eigenvalue weighted by atomic mass is 35.5. The van der Waals surface area contributed by atoms with Crippen LogP contribution in [0, 0.1) is 0 Å². The van der Waals surface area contributed by atoms with Gasteiger partial charge in [0, 0.05) is 31.0 Å².